The second-order valence-electron chi connectivity index (χ2n) is 8.68. The Bertz CT molecular complexity index is 1140. The Morgan fingerprint density at radius 1 is 0.667 bits per heavy atom. The van der Waals surface area contributed by atoms with E-state index in [9.17, 15) is 9.59 Å². The van der Waals surface area contributed by atoms with Crippen molar-refractivity contribution in [3.8, 4) is 0 Å². The van der Waals surface area contributed by atoms with Crippen molar-refractivity contribution in [3.05, 3.63) is 113 Å². The molecule has 0 amide bonds. The molecule has 0 bridgehead atoms. The molecule has 3 aromatic rings. The van der Waals surface area contributed by atoms with Crippen molar-refractivity contribution in [2.75, 3.05) is 13.2 Å². The summed E-state index contributed by atoms with van der Waals surface area (Å²) in [5, 5.41) is 0. The van der Waals surface area contributed by atoms with Gasteiger partial charge in [-0.25, -0.2) is 9.59 Å². The van der Waals surface area contributed by atoms with Crippen LogP contribution in [0.15, 0.2) is 90.5 Å². The molecular formula is C29H26O4. The van der Waals surface area contributed by atoms with Crippen LogP contribution in [0.25, 0.3) is 5.57 Å². The highest BCUT2D eigenvalue weighted by Crippen LogP contribution is 2.52. The summed E-state index contributed by atoms with van der Waals surface area (Å²) in [6, 6.07) is 26.3. The largest absolute Gasteiger partial charge is 0.461 e. The summed E-state index contributed by atoms with van der Waals surface area (Å²) in [6.45, 7) is 0.275. The second kappa shape index (κ2) is 9.07. The van der Waals surface area contributed by atoms with Crippen molar-refractivity contribution in [2.45, 2.75) is 31.1 Å². The van der Waals surface area contributed by atoms with E-state index in [1.54, 1.807) is 24.3 Å². The molecular weight excluding hydrogens is 412 g/mol. The van der Waals surface area contributed by atoms with Crippen LogP contribution in [-0.2, 0) is 14.9 Å². The van der Waals surface area contributed by atoms with Gasteiger partial charge in [0.25, 0.3) is 0 Å². The third-order valence-electron chi connectivity index (χ3n) is 6.73. The van der Waals surface area contributed by atoms with Crippen molar-refractivity contribution < 1.29 is 19.1 Å². The van der Waals surface area contributed by atoms with E-state index < -0.39 is 5.41 Å². The zero-order valence-electron chi connectivity index (χ0n) is 18.5. The smallest absolute Gasteiger partial charge is 0.338 e. The molecule has 0 saturated heterocycles. The monoisotopic (exact) mass is 438 g/mol. The predicted molar refractivity (Wildman–Crippen MR) is 127 cm³/mol. The molecule has 0 fully saturated rings. The Morgan fingerprint density at radius 2 is 1.18 bits per heavy atom. The third-order valence-corrected chi connectivity index (χ3v) is 6.73. The van der Waals surface area contributed by atoms with Crippen molar-refractivity contribution >= 4 is 17.5 Å². The first-order valence-electron chi connectivity index (χ1n) is 11.5. The van der Waals surface area contributed by atoms with Gasteiger partial charge in [0.05, 0.1) is 16.5 Å². The molecule has 0 aromatic heterocycles. The van der Waals surface area contributed by atoms with E-state index in [4.69, 9.17) is 9.47 Å². The van der Waals surface area contributed by atoms with Crippen LogP contribution in [0.2, 0.25) is 0 Å². The van der Waals surface area contributed by atoms with E-state index in [0.717, 1.165) is 31.2 Å². The van der Waals surface area contributed by atoms with Crippen LogP contribution >= 0.6 is 0 Å². The van der Waals surface area contributed by atoms with Gasteiger partial charge >= 0.3 is 11.9 Å². The number of hydrogen-bond donors (Lipinski definition) is 0. The number of esters is 2. The predicted octanol–water partition coefficient (Wildman–Crippen LogP) is 5.98. The molecule has 33 heavy (non-hydrogen) atoms. The van der Waals surface area contributed by atoms with Gasteiger partial charge < -0.3 is 9.47 Å². The molecule has 0 N–H and O–H groups in total. The second-order valence-corrected chi connectivity index (χ2v) is 8.68. The first-order chi connectivity index (χ1) is 16.2. The van der Waals surface area contributed by atoms with Crippen LogP contribution < -0.4 is 0 Å². The van der Waals surface area contributed by atoms with Crippen molar-refractivity contribution in [1.29, 1.82) is 0 Å². The van der Waals surface area contributed by atoms with E-state index in [2.05, 4.69) is 12.1 Å². The number of rotatable bonds is 6. The van der Waals surface area contributed by atoms with Crippen molar-refractivity contribution in [2.24, 2.45) is 0 Å². The molecule has 0 unspecified atom stereocenters. The molecule has 2 aliphatic rings. The highest BCUT2D eigenvalue weighted by molar-refractivity contribution is 5.90. The van der Waals surface area contributed by atoms with Gasteiger partial charge in [-0.15, -0.1) is 0 Å². The summed E-state index contributed by atoms with van der Waals surface area (Å²) >= 11 is 0. The molecule has 5 rings (SSSR count). The molecule has 0 spiro atoms. The maximum atomic E-state index is 12.8. The normalized spacial score (nSPS) is 16.0. The van der Waals surface area contributed by atoms with Crippen LogP contribution in [0.4, 0.5) is 0 Å². The fourth-order valence-corrected chi connectivity index (χ4v) is 5.12. The van der Waals surface area contributed by atoms with Gasteiger partial charge in [-0.3, -0.25) is 0 Å². The maximum Gasteiger partial charge on any atom is 0.338 e. The zero-order valence-corrected chi connectivity index (χ0v) is 18.5. The van der Waals surface area contributed by atoms with Gasteiger partial charge in [0.1, 0.15) is 13.2 Å². The van der Waals surface area contributed by atoms with Crippen LogP contribution in [0.1, 0.15) is 57.5 Å². The van der Waals surface area contributed by atoms with Crippen molar-refractivity contribution in [1.82, 2.24) is 0 Å². The molecule has 0 saturated carbocycles. The molecule has 3 aromatic carbocycles. The number of carbonyl (C=O) groups excluding carboxylic acids is 2. The lowest BCUT2D eigenvalue weighted by molar-refractivity contribution is 0.0234. The van der Waals surface area contributed by atoms with Gasteiger partial charge in [0.15, 0.2) is 0 Å². The van der Waals surface area contributed by atoms with Crippen LogP contribution in [0.5, 0.6) is 0 Å². The highest BCUT2D eigenvalue weighted by atomic mass is 16.5. The van der Waals surface area contributed by atoms with Gasteiger partial charge in [-0.2, -0.15) is 0 Å². The molecule has 4 nitrogen and oxygen atoms in total. The highest BCUT2D eigenvalue weighted by Gasteiger charge is 2.47. The first kappa shape index (κ1) is 21.2. The van der Waals surface area contributed by atoms with E-state index >= 15 is 0 Å². The van der Waals surface area contributed by atoms with Crippen molar-refractivity contribution in [3.63, 3.8) is 0 Å². The fourth-order valence-electron chi connectivity index (χ4n) is 5.12. The summed E-state index contributed by atoms with van der Waals surface area (Å²) in [5.74, 6) is -0.738. The van der Waals surface area contributed by atoms with E-state index in [-0.39, 0.29) is 25.2 Å². The minimum atomic E-state index is -0.665. The number of carbonyl (C=O) groups is 2. The molecule has 0 aliphatic heterocycles. The SMILES string of the molecule is O=C(OCC1(COC(=O)c2ccccc2)C2=C(CCCC2)c2ccccc21)c1ccccc1. The Morgan fingerprint density at radius 3 is 1.79 bits per heavy atom. The van der Waals surface area contributed by atoms with E-state index in [1.807, 2.05) is 48.5 Å². The minimum Gasteiger partial charge on any atom is -0.461 e. The van der Waals surface area contributed by atoms with Gasteiger partial charge in [0, 0.05) is 0 Å². The quantitative estimate of drug-likeness (QED) is 0.444. The van der Waals surface area contributed by atoms with E-state index in [1.165, 1.54) is 16.7 Å². The standard InChI is InChI=1S/C29H26O4/c30-27(21-11-3-1-4-12-21)32-19-29(20-33-28(31)22-13-5-2-6-14-22)25-17-9-7-15-23(25)24-16-8-10-18-26(24)29/h1-7,9,11-15,17H,8,10,16,18-20H2. The lowest BCUT2D eigenvalue weighted by Crippen LogP contribution is -2.39. The number of ether oxygens (including phenoxy) is 2. The van der Waals surface area contributed by atoms with Crippen LogP contribution in [-0.4, -0.2) is 25.2 Å². The zero-order chi connectivity index (χ0) is 22.7. The molecule has 4 heteroatoms. The maximum absolute atomic E-state index is 12.8. The van der Waals surface area contributed by atoms with Gasteiger partial charge in [0.2, 0.25) is 0 Å². The Hall–Kier alpha value is -3.66. The van der Waals surface area contributed by atoms with Gasteiger partial charge in [-0.05, 0) is 72.2 Å². The average molecular weight is 439 g/mol. The van der Waals surface area contributed by atoms with E-state index in [0.29, 0.717) is 11.1 Å². The van der Waals surface area contributed by atoms with Crippen LogP contribution in [0, 0.1) is 0 Å². The summed E-state index contributed by atoms with van der Waals surface area (Å²) in [4.78, 5) is 25.7. The summed E-state index contributed by atoms with van der Waals surface area (Å²) in [7, 11) is 0. The lowest BCUT2D eigenvalue weighted by atomic mass is 9.75. The number of benzene rings is 3. The number of hydrogen-bond acceptors (Lipinski definition) is 4. The average Bonchev–Trinajstić information content (AvgIpc) is 3.17. The Kier molecular flexibility index (Phi) is 5.82. The summed E-state index contributed by atoms with van der Waals surface area (Å²) in [6.07, 6.45) is 4.12. The topological polar surface area (TPSA) is 52.6 Å². The molecule has 2 aliphatic carbocycles. The molecule has 0 atom stereocenters. The molecule has 166 valence electrons. The Labute approximate surface area is 193 Å². The minimum absolute atomic E-state index is 0.138. The molecule has 0 radical (unpaired) electrons. The third kappa shape index (κ3) is 3.97. The molecule has 0 heterocycles. The lowest BCUT2D eigenvalue weighted by Gasteiger charge is -2.34. The summed E-state index contributed by atoms with van der Waals surface area (Å²) in [5.41, 5.74) is 5.20. The number of allylic oxidation sites excluding steroid dienone is 1. The number of fused-ring (bicyclic) bond motifs is 2. The summed E-state index contributed by atoms with van der Waals surface area (Å²) < 4.78 is 11.8. The first-order valence-corrected chi connectivity index (χ1v) is 11.5. The van der Waals surface area contributed by atoms with Gasteiger partial charge in [-0.1, -0.05) is 60.7 Å². The Balaban J connectivity index is 1.49. The fraction of sp³-hybridized carbons (Fsp3) is 0.241. The van der Waals surface area contributed by atoms with Crippen LogP contribution in [0.3, 0.4) is 0 Å².